The zero-order chi connectivity index (χ0) is 13.7. The van der Waals surface area contributed by atoms with E-state index in [1.54, 1.807) is 7.05 Å². The Balaban J connectivity index is 2.86. The Morgan fingerprint density at radius 2 is 2.11 bits per heavy atom. The highest BCUT2D eigenvalue weighted by atomic mass is 79.9. The van der Waals surface area contributed by atoms with E-state index in [0.29, 0.717) is 23.0 Å². The first-order valence-corrected chi connectivity index (χ1v) is 6.30. The molecule has 1 aromatic carbocycles. The van der Waals surface area contributed by atoms with Gasteiger partial charge in [-0.25, -0.2) is 4.79 Å². The van der Waals surface area contributed by atoms with Crippen LogP contribution in [0.1, 0.15) is 28.4 Å². The zero-order valence-electron chi connectivity index (χ0n) is 9.93. The second-order valence-corrected chi connectivity index (χ2v) is 4.80. The second-order valence-electron chi connectivity index (χ2n) is 3.95. The lowest BCUT2D eigenvalue weighted by atomic mass is 10.0. The molecule has 2 unspecified atom stereocenters. The number of carboxylic acids is 1. The number of carbonyl (C=O) groups is 1. The summed E-state index contributed by atoms with van der Waals surface area (Å²) in [6, 6.07) is 4.31. The molecule has 2 atom stereocenters. The van der Waals surface area contributed by atoms with Gasteiger partial charge in [-0.15, -0.1) is 0 Å². The van der Waals surface area contributed by atoms with Crippen LogP contribution in [0.25, 0.3) is 0 Å². The van der Waals surface area contributed by atoms with Crippen molar-refractivity contribution >= 4 is 21.9 Å². The molecule has 5 nitrogen and oxygen atoms in total. The summed E-state index contributed by atoms with van der Waals surface area (Å²) in [6.45, 7) is 0.586. The smallest absolute Gasteiger partial charge is 0.335 e. The fraction of sp³-hybridized carbons (Fsp3) is 0.417. The quantitative estimate of drug-likeness (QED) is 0.632. The number of rotatable bonds is 6. The molecule has 0 spiro atoms. The van der Waals surface area contributed by atoms with E-state index in [4.69, 9.17) is 5.11 Å². The van der Waals surface area contributed by atoms with Crippen LogP contribution in [0, 0.1) is 0 Å². The van der Waals surface area contributed by atoms with Gasteiger partial charge in [-0.05, 0) is 37.7 Å². The minimum absolute atomic E-state index is 0.127. The minimum Gasteiger partial charge on any atom is -0.478 e. The van der Waals surface area contributed by atoms with Crippen molar-refractivity contribution in [1.82, 2.24) is 5.32 Å². The molecule has 100 valence electrons. The molecule has 0 bridgehead atoms. The first-order chi connectivity index (χ1) is 8.47. The van der Waals surface area contributed by atoms with Gasteiger partial charge in [-0.3, -0.25) is 0 Å². The van der Waals surface area contributed by atoms with Crippen molar-refractivity contribution < 1.29 is 20.1 Å². The van der Waals surface area contributed by atoms with Gasteiger partial charge < -0.3 is 20.6 Å². The number of aliphatic hydroxyl groups excluding tert-OH is 2. The van der Waals surface area contributed by atoms with Crippen LogP contribution in [0.4, 0.5) is 0 Å². The topological polar surface area (TPSA) is 89.8 Å². The zero-order valence-corrected chi connectivity index (χ0v) is 11.5. The van der Waals surface area contributed by atoms with Crippen molar-refractivity contribution in [2.45, 2.75) is 18.6 Å². The number of carboxylic acid groups (broad SMARTS) is 1. The molecule has 4 N–H and O–H groups in total. The molecule has 18 heavy (non-hydrogen) atoms. The van der Waals surface area contributed by atoms with E-state index in [2.05, 4.69) is 21.2 Å². The molecular formula is C12H16BrNO4. The van der Waals surface area contributed by atoms with E-state index in [-0.39, 0.29) is 5.56 Å². The molecule has 0 saturated carbocycles. The maximum atomic E-state index is 10.8. The Morgan fingerprint density at radius 3 is 2.61 bits per heavy atom. The fourth-order valence-corrected chi connectivity index (χ4v) is 2.17. The Labute approximate surface area is 114 Å². The van der Waals surface area contributed by atoms with Gasteiger partial charge in [0.05, 0.1) is 11.7 Å². The van der Waals surface area contributed by atoms with Gasteiger partial charge in [-0.1, -0.05) is 22.0 Å². The predicted molar refractivity (Wildman–Crippen MR) is 70.6 cm³/mol. The average Bonchev–Trinajstić information content (AvgIpc) is 2.34. The third kappa shape index (κ3) is 3.78. The minimum atomic E-state index is -1.05. The van der Waals surface area contributed by atoms with Gasteiger partial charge in [0, 0.05) is 4.47 Å². The van der Waals surface area contributed by atoms with E-state index in [1.807, 2.05) is 0 Å². The lowest BCUT2D eigenvalue weighted by Crippen LogP contribution is -2.23. The van der Waals surface area contributed by atoms with E-state index in [1.165, 1.54) is 18.2 Å². The first kappa shape index (κ1) is 15.1. The molecule has 0 heterocycles. The van der Waals surface area contributed by atoms with Crippen molar-refractivity contribution in [2.24, 2.45) is 0 Å². The lowest BCUT2D eigenvalue weighted by molar-refractivity contribution is 0.0136. The summed E-state index contributed by atoms with van der Waals surface area (Å²) in [5.41, 5.74) is 0.603. The van der Waals surface area contributed by atoms with E-state index in [0.717, 1.165) is 0 Å². The maximum Gasteiger partial charge on any atom is 0.335 e. The number of halogens is 1. The number of nitrogens with one attached hydrogen (secondary N) is 1. The summed E-state index contributed by atoms with van der Waals surface area (Å²) in [4.78, 5) is 10.8. The summed E-state index contributed by atoms with van der Waals surface area (Å²) in [7, 11) is 1.76. The van der Waals surface area contributed by atoms with E-state index in [9.17, 15) is 15.0 Å². The van der Waals surface area contributed by atoms with Crippen LogP contribution in [-0.4, -0.2) is 41.0 Å². The van der Waals surface area contributed by atoms with Crippen LogP contribution >= 0.6 is 15.9 Å². The second kappa shape index (κ2) is 6.84. The first-order valence-electron chi connectivity index (χ1n) is 5.50. The normalized spacial score (nSPS) is 14.2. The lowest BCUT2D eigenvalue weighted by Gasteiger charge is -2.19. The van der Waals surface area contributed by atoms with E-state index >= 15 is 0 Å². The molecule has 0 aromatic heterocycles. The van der Waals surface area contributed by atoms with Crippen LogP contribution < -0.4 is 5.32 Å². The summed E-state index contributed by atoms with van der Waals surface area (Å²) in [6.07, 6.45) is -1.54. The molecule has 1 aromatic rings. The average molecular weight is 318 g/mol. The Bertz CT molecular complexity index is 425. The largest absolute Gasteiger partial charge is 0.478 e. The van der Waals surface area contributed by atoms with Gasteiger partial charge in [0.15, 0.2) is 0 Å². The van der Waals surface area contributed by atoms with Gasteiger partial charge in [-0.2, -0.15) is 0 Å². The molecule has 0 amide bonds. The monoisotopic (exact) mass is 317 g/mol. The number of benzene rings is 1. The van der Waals surface area contributed by atoms with Crippen LogP contribution in [0.15, 0.2) is 22.7 Å². The predicted octanol–water partition coefficient (Wildman–Crippen LogP) is 1.15. The molecule has 0 fully saturated rings. The molecule has 0 saturated heterocycles. The highest BCUT2D eigenvalue weighted by molar-refractivity contribution is 9.10. The molecule has 0 aliphatic heterocycles. The van der Waals surface area contributed by atoms with Gasteiger partial charge in [0.25, 0.3) is 0 Å². The van der Waals surface area contributed by atoms with Gasteiger partial charge in [0.2, 0.25) is 0 Å². The third-order valence-electron chi connectivity index (χ3n) is 2.62. The number of aromatic carboxylic acids is 1. The Morgan fingerprint density at radius 1 is 1.44 bits per heavy atom. The Hall–Kier alpha value is -0.950. The highest BCUT2D eigenvalue weighted by Gasteiger charge is 2.20. The molecule has 0 radical (unpaired) electrons. The number of aliphatic hydroxyl groups is 2. The Kier molecular flexibility index (Phi) is 5.74. The third-order valence-corrected chi connectivity index (χ3v) is 3.31. The van der Waals surface area contributed by atoms with Crippen molar-refractivity contribution in [3.8, 4) is 0 Å². The van der Waals surface area contributed by atoms with Gasteiger partial charge >= 0.3 is 5.97 Å². The van der Waals surface area contributed by atoms with Crippen molar-refractivity contribution in [3.63, 3.8) is 0 Å². The molecule has 1 rings (SSSR count). The van der Waals surface area contributed by atoms with Gasteiger partial charge in [0.1, 0.15) is 6.10 Å². The van der Waals surface area contributed by atoms with Crippen LogP contribution in [0.2, 0.25) is 0 Å². The SMILES string of the molecule is CNCCC(O)C(O)c1ccc(C(=O)O)cc1Br. The standard InChI is InChI=1S/C12H16BrNO4/c1-14-5-4-10(15)11(16)8-3-2-7(12(17)18)6-9(8)13/h2-3,6,10-11,14-16H,4-5H2,1H3,(H,17,18). The van der Waals surface area contributed by atoms with Crippen LogP contribution in [-0.2, 0) is 0 Å². The number of hydrogen-bond acceptors (Lipinski definition) is 4. The molecule has 0 aliphatic carbocycles. The maximum absolute atomic E-state index is 10.8. The van der Waals surface area contributed by atoms with Crippen LogP contribution in [0.5, 0.6) is 0 Å². The van der Waals surface area contributed by atoms with Crippen molar-refractivity contribution in [3.05, 3.63) is 33.8 Å². The molecule has 6 heteroatoms. The highest BCUT2D eigenvalue weighted by Crippen LogP contribution is 2.27. The summed E-state index contributed by atoms with van der Waals surface area (Å²) >= 11 is 3.20. The summed E-state index contributed by atoms with van der Waals surface area (Å²) in [5.74, 6) is -1.03. The van der Waals surface area contributed by atoms with E-state index < -0.39 is 18.2 Å². The summed E-state index contributed by atoms with van der Waals surface area (Å²) in [5, 5.41) is 31.5. The molecule has 0 aliphatic rings. The number of hydrogen-bond donors (Lipinski definition) is 4. The fourth-order valence-electron chi connectivity index (χ4n) is 1.56. The van der Waals surface area contributed by atoms with Crippen molar-refractivity contribution in [2.75, 3.05) is 13.6 Å². The summed E-state index contributed by atoms with van der Waals surface area (Å²) < 4.78 is 0.471. The van der Waals surface area contributed by atoms with Crippen molar-refractivity contribution in [1.29, 1.82) is 0 Å². The van der Waals surface area contributed by atoms with Crippen LogP contribution in [0.3, 0.4) is 0 Å². The molecular weight excluding hydrogens is 302 g/mol.